The van der Waals surface area contributed by atoms with Crippen molar-refractivity contribution < 1.29 is 5.11 Å². The van der Waals surface area contributed by atoms with E-state index in [0.717, 1.165) is 4.68 Å². The number of aromatic nitrogens is 2. The van der Waals surface area contributed by atoms with Gasteiger partial charge in [0.1, 0.15) is 5.02 Å². The Hall–Kier alpha value is -1.33. The van der Waals surface area contributed by atoms with Crippen LogP contribution >= 0.6 is 11.6 Å². The first-order valence-corrected chi connectivity index (χ1v) is 5.23. The molecule has 1 rings (SSSR count). The van der Waals surface area contributed by atoms with Crippen LogP contribution in [-0.4, -0.2) is 27.5 Å². The van der Waals surface area contributed by atoms with Crippen LogP contribution in [0.2, 0.25) is 5.02 Å². The van der Waals surface area contributed by atoms with Gasteiger partial charge in [-0.05, 0) is 6.92 Å². The zero-order valence-electron chi connectivity index (χ0n) is 8.98. The van der Waals surface area contributed by atoms with E-state index in [-0.39, 0.29) is 24.2 Å². The van der Waals surface area contributed by atoms with Crippen LogP contribution in [0.3, 0.4) is 0 Å². The van der Waals surface area contributed by atoms with E-state index in [1.54, 1.807) is 6.08 Å². The number of aliphatic hydroxyl groups excluding tert-OH is 1. The quantitative estimate of drug-likeness (QED) is 0.754. The third kappa shape index (κ3) is 2.84. The van der Waals surface area contributed by atoms with Crippen LogP contribution in [0, 0.1) is 0 Å². The van der Waals surface area contributed by atoms with Gasteiger partial charge >= 0.3 is 0 Å². The highest BCUT2D eigenvalue weighted by Crippen LogP contribution is 2.16. The van der Waals surface area contributed by atoms with Crippen LogP contribution in [0.1, 0.15) is 6.92 Å². The Morgan fingerprint density at radius 2 is 2.50 bits per heavy atom. The van der Waals surface area contributed by atoms with Gasteiger partial charge in [-0.25, -0.2) is 4.68 Å². The van der Waals surface area contributed by atoms with E-state index in [0.29, 0.717) is 5.69 Å². The second kappa shape index (κ2) is 5.67. The highest BCUT2D eigenvalue weighted by molar-refractivity contribution is 6.32. The first-order chi connectivity index (χ1) is 7.60. The minimum atomic E-state index is -0.419. The maximum Gasteiger partial charge on any atom is 0.287 e. The van der Waals surface area contributed by atoms with Crippen molar-refractivity contribution in [3.05, 3.63) is 34.2 Å². The van der Waals surface area contributed by atoms with Gasteiger partial charge in [0, 0.05) is 6.04 Å². The third-order valence-electron chi connectivity index (χ3n) is 2.03. The van der Waals surface area contributed by atoms with Gasteiger partial charge in [-0.2, -0.15) is 5.10 Å². The van der Waals surface area contributed by atoms with Gasteiger partial charge in [-0.3, -0.25) is 4.79 Å². The van der Waals surface area contributed by atoms with Gasteiger partial charge in [0.05, 0.1) is 25.0 Å². The van der Waals surface area contributed by atoms with Crippen LogP contribution in [0.4, 0.5) is 5.69 Å². The van der Waals surface area contributed by atoms with Crippen molar-refractivity contribution >= 4 is 17.3 Å². The molecule has 0 bridgehead atoms. The van der Waals surface area contributed by atoms with E-state index in [9.17, 15) is 4.79 Å². The van der Waals surface area contributed by atoms with Crippen LogP contribution in [0.25, 0.3) is 0 Å². The molecule has 0 aromatic carbocycles. The molecular weight excluding hydrogens is 230 g/mol. The number of hydrogen-bond donors (Lipinski definition) is 2. The second-order valence-electron chi connectivity index (χ2n) is 3.29. The smallest absolute Gasteiger partial charge is 0.287 e. The van der Waals surface area contributed by atoms with Crippen molar-refractivity contribution in [2.24, 2.45) is 0 Å². The topological polar surface area (TPSA) is 67.2 Å². The van der Waals surface area contributed by atoms with Crippen molar-refractivity contribution in [1.29, 1.82) is 0 Å². The molecule has 88 valence electrons. The zero-order valence-corrected chi connectivity index (χ0v) is 9.74. The Morgan fingerprint density at radius 3 is 3.06 bits per heavy atom. The largest absolute Gasteiger partial charge is 0.394 e. The second-order valence-corrected chi connectivity index (χ2v) is 3.67. The van der Waals surface area contributed by atoms with E-state index in [1.807, 2.05) is 6.92 Å². The fourth-order valence-electron chi connectivity index (χ4n) is 1.12. The molecule has 1 atom stereocenters. The number of rotatable bonds is 5. The van der Waals surface area contributed by atoms with Crippen molar-refractivity contribution in [3.63, 3.8) is 0 Å². The number of hydrogen-bond acceptors (Lipinski definition) is 4. The van der Waals surface area contributed by atoms with E-state index in [1.165, 1.54) is 6.20 Å². The summed E-state index contributed by atoms with van der Waals surface area (Å²) in [5.41, 5.74) is 0.0465. The van der Waals surface area contributed by atoms with Crippen molar-refractivity contribution in [1.82, 2.24) is 9.78 Å². The highest BCUT2D eigenvalue weighted by atomic mass is 35.5. The molecule has 1 unspecified atom stereocenters. The molecule has 2 N–H and O–H groups in total. The first kappa shape index (κ1) is 12.7. The molecule has 1 heterocycles. The van der Waals surface area contributed by atoms with Gasteiger partial charge in [0.25, 0.3) is 5.56 Å². The van der Waals surface area contributed by atoms with Crippen molar-refractivity contribution in [2.75, 3.05) is 11.9 Å². The van der Waals surface area contributed by atoms with Gasteiger partial charge in [-0.1, -0.05) is 17.7 Å². The lowest BCUT2D eigenvalue weighted by atomic mass is 10.3. The van der Waals surface area contributed by atoms with Gasteiger partial charge in [0.15, 0.2) is 0 Å². The Labute approximate surface area is 98.4 Å². The number of nitrogens with one attached hydrogen (secondary N) is 1. The summed E-state index contributed by atoms with van der Waals surface area (Å²) in [4.78, 5) is 11.6. The summed E-state index contributed by atoms with van der Waals surface area (Å²) in [5.74, 6) is 0. The number of nitrogens with zero attached hydrogens (tertiary/aromatic N) is 2. The summed E-state index contributed by atoms with van der Waals surface area (Å²) in [6.07, 6.45) is 3.15. The lowest BCUT2D eigenvalue weighted by molar-refractivity contribution is 0.266. The Balaban J connectivity index is 3.02. The Bertz CT molecular complexity index is 431. The lowest BCUT2D eigenvalue weighted by Gasteiger charge is -2.12. The third-order valence-corrected chi connectivity index (χ3v) is 2.40. The molecule has 16 heavy (non-hydrogen) atoms. The summed E-state index contributed by atoms with van der Waals surface area (Å²) >= 11 is 5.88. The van der Waals surface area contributed by atoms with E-state index in [2.05, 4.69) is 17.0 Å². The number of halogens is 1. The predicted molar refractivity (Wildman–Crippen MR) is 63.9 cm³/mol. The van der Waals surface area contributed by atoms with Crippen molar-refractivity contribution in [2.45, 2.75) is 19.5 Å². The molecule has 0 aliphatic rings. The SMILES string of the molecule is C=CC(C)Nc1cnn(CCO)c(=O)c1Cl. The molecular formula is C10H14ClN3O2. The summed E-state index contributed by atoms with van der Waals surface area (Å²) < 4.78 is 1.12. The van der Waals surface area contributed by atoms with E-state index < -0.39 is 5.56 Å². The average molecular weight is 244 g/mol. The lowest BCUT2D eigenvalue weighted by Crippen LogP contribution is -2.26. The number of anilines is 1. The zero-order chi connectivity index (χ0) is 12.1. The Kier molecular flexibility index (Phi) is 4.52. The summed E-state index contributed by atoms with van der Waals surface area (Å²) in [6.45, 7) is 5.47. The highest BCUT2D eigenvalue weighted by Gasteiger charge is 2.09. The normalized spacial score (nSPS) is 12.2. The molecule has 0 radical (unpaired) electrons. The minimum Gasteiger partial charge on any atom is -0.394 e. The fraction of sp³-hybridized carbons (Fsp3) is 0.400. The minimum absolute atomic E-state index is 0.00704. The van der Waals surface area contributed by atoms with Gasteiger partial charge < -0.3 is 10.4 Å². The molecule has 0 aliphatic carbocycles. The van der Waals surface area contributed by atoms with Crippen LogP contribution in [0.15, 0.2) is 23.6 Å². The molecule has 0 aliphatic heterocycles. The summed E-state index contributed by atoms with van der Waals surface area (Å²) in [5, 5.41) is 15.6. The summed E-state index contributed by atoms with van der Waals surface area (Å²) in [7, 11) is 0. The molecule has 0 amide bonds. The maximum absolute atomic E-state index is 11.6. The van der Waals surface area contributed by atoms with Gasteiger partial charge in [0.2, 0.25) is 0 Å². The van der Waals surface area contributed by atoms with Gasteiger partial charge in [-0.15, -0.1) is 6.58 Å². The van der Waals surface area contributed by atoms with Crippen LogP contribution in [-0.2, 0) is 6.54 Å². The van der Waals surface area contributed by atoms with Crippen LogP contribution < -0.4 is 10.9 Å². The van der Waals surface area contributed by atoms with Crippen LogP contribution in [0.5, 0.6) is 0 Å². The maximum atomic E-state index is 11.6. The number of aliphatic hydroxyl groups is 1. The van der Waals surface area contributed by atoms with E-state index >= 15 is 0 Å². The first-order valence-electron chi connectivity index (χ1n) is 4.85. The fourth-order valence-corrected chi connectivity index (χ4v) is 1.32. The van der Waals surface area contributed by atoms with E-state index in [4.69, 9.17) is 16.7 Å². The Morgan fingerprint density at radius 1 is 1.81 bits per heavy atom. The molecule has 6 heteroatoms. The predicted octanol–water partition coefficient (Wildman–Crippen LogP) is 0.875. The molecule has 0 saturated carbocycles. The molecule has 5 nitrogen and oxygen atoms in total. The standard InChI is InChI=1S/C10H14ClN3O2/c1-3-7(2)13-8-6-12-14(4-5-15)10(16)9(8)11/h3,6-7,13,15H,1,4-5H2,2H3. The summed E-state index contributed by atoms with van der Waals surface area (Å²) in [6, 6.07) is -0.00704. The molecule has 1 aromatic rings. The van der Waals surface area contributed by atoms with Crippen molar-refractivity contribution in [3.8, 4) is 0 Å². The molecule has 0 saturated heterocycles. The monoisotopic (exact) mass is 243 g/mol. The molecule has 0 fully saturated rings. The average Bonchev–Trinajstić information content (AvgIpc) is 2.28. The molecule has 1 aromatic heterocycles. The molecule has 0 spiro atoms.